The molecular weight excluding hydrogens is 570 g/mol. The van der Waals surface area contributed by atoms with Gasteiger partial charge >= 0.3 is 5.97 Å². The number of aliphatic hydroxyl groups is 1. The van der Waals surface area contributed by atoms with Crippen LogP contribution in [0.2, 0.25) is 0 Å². The number of carbonyl (C=O) groups is 2. The Kier molecular flexibility index (Phi) is 11.4. The van der Waals surface area contributed by atoms with Crippen LogP contribution in [0.1, 0.15) is 71.1 Å². The van der Waals surface area contributed by atoms with Crippen LogP contribution in [0.3, 0.4) is 0 Å². The minimum Gasteiger partial charge on any atom is -0.494 e. The van der Waals surface area contributed by atoms with Gasteiger partial charge in [-0.15, -0.1) is 0 Å². The van der Waals surface area contributed by atoms with Crippen molar-refractivity contribution in [3.8, 4) is 16.9 Å². The van der Waals surface area contributed by atoms with Crippen LogP contribution in [0.25, 0.3) is 11.1 Å². The number of aliphatic imine (C=N–C) groups is 1. The molecule has 0 aromatic heterocycles. The molecule has 2 atom stereocenters. The highest BCUT2D eigenvalue weighted by Crippen LogP contribution is 2.43. The molecule has 0 unspecified atom stereocenters. The molecule has 9 heteroatoms. The number of rotatable bonds is 14. The molecule has 9 nitrogen and oxygen atoms in total. The Morgan fingerprint density at radius 2 is 1.60 bits per heavy atom. The third-order valence-electron chi connectivity index (χ3n) is 7.19. The summed E-state index contributed by atoms with van der Waals surface area (Å²) in [5.41, 5.74) is 7.25. The zero-order valence-corrected chi connectivity index (χ0v) is 26.8. The number of esters is 1. The van der Waals surface area contributed by atoms with Crippen molar-refractivity contribution in [2.75, 3.05) is 19.8 Å². The molecule has 0 saturated heterocycles. The largest absolute Gasteiger partial charge is 0.494 e. The minimum atomic E-state index is -1.47. The van der Waals surface area contributed by atoms with Crippen LogP contribution in [0.4, 0.5) is 0 Å². The Morgan fingerprint density at radius 3 is 2.22 bits per heavy atom. The van der Waals surface area contributed by atoms with Gasteiger partial charge in [0.05, 0.1) is 6.61 Å². The van der Waals surface area contributed by atoms with E-state index in [2.05, 4.69) is 10.9 Å². The van der Waals surface area contributed by atoms with Gasteiger partial charge < -0.3 is 19.3 Å². The van der Waals surface area contributed by atoms with E-state index in [0.717, 1.165) is 16.7 Å². The van der Waals surface area contributed by atoms with Gasteiger partial charge in [0, 0.05) is 31.6 Å². The smallest absolute Gasteiger partial charge is 0.306 e. The summed E-state index contributed by atoms with van der Waals surface area (Å²) in [6.45, 7) is 10.5. The van der Waals surface area contributed by atoms with Crippen LogP contribution in [0, 0.1) is 5.92 Å². The van der Waals surface area contributed by atoms with E-state index in [1.807, 2.05) is 101 Å². The number of nitrogens with zero attached hydrogens (tertiary/aromatic N) is 1. The summed E-state index contributed by atoms with van der Waals surface area (Å²) < 4.78 is 17.8. The molecule has 0 saturated carbocycles. The van der Waals surface area contributed by atoms with Gasteiger partial charge in [-0.3, -0.25) is 15.0 Å². The Balaban J connectivity index is 1.72. The molecule has 0 spiro atoms. The first kappa shape index (κ1) is 33.7. The van der Waals surface area contributed by atoms with E-state index >= 15 is 0 Å². The molecule has 3 N–H and O–H groups in total. The van der Waals surface area contributed by atoms with Crippen molar-refractivity contribution >= 4 is 17.8 Å². The predicted molar refractivity (Wildman–Crippen MR) is 175 cm³/mol. The van der Waals surface area contributed by atoms with Crippen molar-refractivity contribution in [2.24, 2.45) is 10.9 Å². The summed E-state index contributed by atoms with van der Waals surface area (Å²) in [6, 6.07) is 25.2. The maximum atomic E-state index is 14.1. The lowest BCUT2D eigenvalue weighted by molar-refractivity contribution is -0.155. The number of hydrogen-bond acceptors (Lipinski definition) is 8. The maximum absolute atomic E-state index is 14.1. The van der Waals surface area contributed by atoms with E-state index in [9.17, 15) is 9.59 Å². The molecule has 4 rings (SSSR count). The van der Waals surface area contributed by atoms with Crippen LogP contribution in [0.5, 0.6) is 5.75 Å². The average molecular weight is 616 g/mol. The molecule has 45 heavy (non-hydrogen) atoms. The number of hydrazine groups is 1. The zero-order chi connectivity index (χ0) is 32.5. The van der Waals surface area contributed by atoms with Gasteiger partial charge in [0.15, 0.2) is 11.6 Å². The van der Waals surface area contributed by atoms with E-state index in [-0.39, 0.29) is 25.3 Å². The standard InChI is InChI=1S/C36H45N3O6/c1-25(2)24-37-39-34(42)36(21-20-31(41)45-35(3,4)5)32(28-14-12-27(13-15-28)26-10-7-6-8-11-26)44-33(38-36)29-16-18-30(19-17-29)43-23-9-22-40/h6-8,10-19,25,32,37,40H,9,20-24H2,1-5H3,(H,39,42)/t32-,36-/m0/s1. The monoisotopic (exact) mass is 615 g/mol. The van der Waals surface area contributed by atoms with Crippen molar-refractivity contribution in [3.63, 3.8) is 0 Å². The molecule has 0 radical (unpaired) electrons. The van der Waals surface area contributed by atoms with Gasteiger partial charge in [0.1, 0.15) is 11.4 Å². The highest BCUT2D eigenvalue weighted by Gasteiger charge is 2.53. The normalized spacial score (nSPS) is 17.8. The summed E-state index contributed by atoms with van der Waals surface area (Å²) in [6.07, 6.45) is -0.261. The van der Waals surface area contributed by atoms with Crippen molar-refractivity contribution in [2.45, 2.75) is 71.1 Å². The molecule has 3 aromatic rings. The van der Waals surface area contributed by atoms with Crippen molar-refractivity contribution in [3.05, 3.63) is 90.0 Å². The number of aliphatic hydroxyl groups excluding tert-OH is 1. The Bertz CT molecular complexity index is 1430. The number of carbonyl (C=O) groups excluding carboxylic acids is 2. The van der Waals surface area contributed by atoms with Crippen LogP contribution < -0.4 is 15.6 Å². The second kappa shape index (κ2) is 15.2. The van der Waals surface area contributed by atoms with Gasteiger partial charge in [0.2, 0.25) is 5.90 Å². The lowest BCUT2D eigenvalue weighted by Crippen LogP contribution is -2.53. The number of benzene rings is 3. The first-order chi connectivity index (χ1) is 21.5. The second-order valence-electron chi connectivity index (χ2n) is 12.6. The summed E-state index contributed by atoms with van der Waals surface area (Å²) in [5.74, 6) is 0.406. The molecule has 1 heterocycles. The molecule has 1 amide bonds. The van der Waals surface area contributed by atoms with E-state index in [1.165, 1.54) is 0 Å². The third kappa shape index (κ3) is 9.15. The van der Waals surface area contributed by atoms with Crippen molar-refractivity contribution < 1.29 is 28.9 Å². The highest BCUT2D eigenvalue weighted by molar-refractivity contribution is 6.01. The van der Waals surface area contributed by atoms with E-state index in [4.69, 9.17) is 24.3 Å². The molecule has 3 aromatic carbocycles. The lowest BCUT2D eigenvalue weighted by atomic mass is 9.83. The fourth-order valence-corrected chi connectivity index (χ4v) is 4.98. The van der Waals surface area contributed by atoms with Crippen LogP contribution >= 0.6 is 0 Å². The predicted octanol–water partition coefficient (Wildman–Crippen LogP) is 5.77. The topological polar surface area (TPSA) is 118 Å². The molecule has 1 aliphatic heterocycles. The minimum absolute atomic E-state index is 0.0365. The molecule has 0 aliphatic carbocycles. The summed E-state index contributed by atoms with van der Waals surface area (Å²) in [5, 5.41) is 9.05. The van der Waals surface area contributed by atoms with Gasteiger partial charge in [-0.1, -0.05) is 68.4 Å². The van der Waals surface area contributed by atoms with Gasteiger partial charge in [-0.2, -0.15) is 0 Å². The zero-order valence-electron chi connectivity index (χ0n) is 26.8. The van der Waals surface area contributed by atoms with Crippen LogP contribution in [-0.4, -0.2) is 53.8 Å². The quantitative estimate of drug-likeness (QED) is 0.120. The van der Waals surface area contributed by atoms with Crippen molar-refractivity contribution in [1.82, 2.24) is 10.9 Å². The molecule has 0 bridgehead atoms. The Morgan fingerprint density at radius 1 is 0.956 bits per heavy atom. The Labute approximate surface area is 266 Å². The molecule has 1 aliphatic rings. The lowest BCUT2D eigenvalue weighted by Gasteiger charge is -2.31. The summed E-state index contributed by atoms with van der Waals surface area (Å²) in [4.78, 5) is 32.0. The Hall–Kier alpha value is -4.21. The molecule has 0 fully saturated rings. The SMILES string of the molecule is CC(C)CNNC(=O)[C@@]1(CCC(=O)OC(C)(C)C)N=C(c2ccc(OCCCO)cc2)O[C@H]1c1ccc(-c2ccccc2)cc1. The third-order valence-corrected chi connectivity index (χ3v) is 7.19. The van der Waals surface area contributed by atoms with Crippen molar-refractivity contribution in [1.29, 1.82) is 0 Å². The number of hydrogen-bond donors (Lipinski definition) is 3. The fourth-order valence-electron chi connectivity index (χ4n) is 4.98. The first-order valence-electron chi connectivity index (χ1n) is 15.5. The number of amides is 1. The van der Waals surface area contributed by atoms with Crippen LogP contribution in [0.15, 0.2) is 83.9 Å². The number of nitrogens with one attached hydrogen (secondary N) is 2. The highest BCUT2D eigenvalue weighted by atomic mass is 16.6. The number of ether oxygens (including phenoxy) is 3. The van der Waals surface area contributed by atoms with Gasteiger partial charge in [-0.25, -0.2) is 10.4 Å². The van der Waals surface area contributed by atoms with Crippen LogP contribution in [-0.2, 0) is 19.1 Å². The molecule has 240 valence electrons. The molecular formula is C36H45N3O6. The van der Waals surface area contributed by atoms with E-state index in [0.29, 0.717) is 36.8 Å². The fraction of sp³-hybridized carbons (Fsp3) is 0.417. The van der Waals surface area contributed by atoms with E-state index in [1.54, 1.807) is 12.1 Å². The summed E-state index contributed by atoms with van der Waals surface area (Å²) >= 11 is 0. The first-order valence-corrected chi connectivity index (χ1v) is 15.5. The van der Waals surface area contributed by atoms with Gasteiger partial charge in [-0.05, 0) is 74.1 Å². The second-order valence-corrected chi connectivity index (χ2v) is 12.6. The van der Waals surface area contributed by atoms with E-state index < -0.39 is 29.1 Å². The summed E-state index contributed by atoms with van der Waals surface area (Å²) in [7, 11) is 0. The van der Waals surface area contributed by atoms with Gasteiger partial charge in [0.25, 0.3) is 5.91 Å². The maximum Gasteiger partial charge on any atom is 0.306 e. The average Bonchev–Trinajstić information content (AvgIpc) is 3.41.